The second kappa shape index (κ2) is 7.40. The summed E-state index contributed by atoms with van der Waals surface area (Å²) in [5.41, 5.74) is 1.98. The summed E-state index contributed by atoms with van der Waals surface area (Å²) >= 11 is 0. The monoisotopic (exact) mass is 314 g/mol. The molecule has 0 aromatic heterocycles. The third-order valence-electron chi connectivity index (χ3n) is 3.46. The number of hydrogen-bond acceptors (Lipinski definition) is 4. The Hall–Kier alpha value is -2.89. The maximum Gasteiger partial charge on any atom is 0.274 e. The van der Waals surface area contributed by atoms with Crippen LogP contribution in [0.15, 0.2) is 42.5 Å². The molecule has 0 spiro atoms. The van der Waals surface area contributed by atoms with E-state index in [-0.39, 0.29) is 18.0 Å². The Kier molecular flexibility index (Phi) is 5.30. The summed E-state index contributed by atoms with van der Waals surface area (Å²) in [6.45, 7) is 1.66. The lowest BCUT2D eigenvalue weighted by Gasteiger charge is -2.07. The third-order valence-corrected chi connectivity index (χ3v) is 3.46. The van der Waals surface area contributed by atoms with Crippen LogP contribution in [0.4, 0.5) is 11.4 Å². The van der Waals surface area contributed by atoms with Gasteiger partial charge in [0.2, 0.25) is 5.91 Å². The highest BCUT2D eigenvalue weighted by Gasteiger charge is 2.12. The van der Waals surface area contributed by atoms with E-state index in [1.54, 1.807) is 26.2 Å². The molecule has 2 aromatic rings. The fraction of sp³-hybridized carbons (Fsp3) is 0.235. The van der Waals surface area contributed by atoms with Gasteiger partial charge in [0.1, 0.15) is 5.75 Å². The quantitative estimate of drug-likeness (QED) is 0.653. The van der Waals surface area contributed by atoms with Crippen LogP contribution in [-0.4, -0.2) is 17.9 Å². The molecule has 6 nitrogen and oxygen atoms in total. The average molecular weight is 314 g/mol. The van der Waals surface area contributed by atoms with Gasteiger partial charge in [0.05, 0.1) is 12.0 Å². The van der Waals surface area contributed by atoms with Crippen molar-refractivity contribution in [3.63, 3.8) is 0 Å². The van der Waals surface area contributed by atoms with E-state index in [0.717, 1.165) is 11.3 Å². The van der Waals surface area contributed by atoms with Crippen LogP contribution in [0.5, 0.6) is 5.75 Å². The maximum atomic E-state index is 12.0. The predicted molar refractivity (Wildman–Crippen MR) is 87.8 cm³/mol. The van der Waals surface area contributed by atoms with E-state index in [1.165, 1.54) is 6.07 Å². The molecule has 0 heterocycles. The van der Waals surface area contributed by atoms with E-state index in [2.05, 4.69) is 5.32 Å². The molecule has 2 rings (SSSR count). The largest absolute Gasteiger partial charge is 0.497 e. The number of ether oxygens (including phenoxy) is 1. The first kappa shape index (κ1) is 16.5. The summed E-state index contributed by atoms with van der Waals surface area (Å²) in [4.78, 5) is 22.4. The zero-order valence-corrected chi connectivity index (χ0v) is 13.0. The molecule has 0 saturated heterocycles. The molecule has 0 aliphatic rings. The van der Waals surface area contributed by atoms with Gasteiger partial charge < -0.3 is 10.1 Å². The predicted octanol–water partition coefficient (Wildman–Crippen LogP) is 3.48. The Balaban J connectivity index is 1.97. The number of carbonyl (C=O) groups excluding carboxylic acids is 1. The van der Waals surface area contributed by atoms with Crippen molar-refractivity contribution in [2.24, 2.45) is 0 Å². The van der Waals surface area contributed by atoms with Crippen molar-refractivity contribution in [1.29, 1.82) is 0 Å². The van der Waals surface area contributed by atoms with Crippen LogP contribution in [0, 0.1) is 17.0 Å². The number of hydrogen-bond donors (Lipinski definition) is 1. The van der Waals surface area contributed by atoms with Gasteiger partial charge in [-0.1, -0.05) is 18.2 Å². The fourth-order valence-electron chi connectivity index (χ4n) is 2.19. The van der Waals surface area contributed by atoms with Gasteiger partial charge in [-0.05, 0) is 37.1 Å². The zero-order valence-electron chi connectivity index (χ0n) is 13.0. The summed E-state index contributed by atoms with van der Waals surface area (Å²) in [7, 11) is 1.59. The number of nitro groups is 1. The lowest BCUT2D eigenvalue weighted by atomic mass is 10.1. The zero-order chi connectivity index (χ0) is 16.8. The van der Waals surface area contributed by atoms with E-state index >= 15 is 0 Å². The number of anilines is 1. The average Bonchev–Trinajstić information content (AvgIpc) is 2.54. The van der Waals surface area contributed by atoms with Crippen molar-refractivity contribution >= 4 is 17.3 Å². The maximum absolute atomic E-state index is 12.0. The highest BCUT2D eigenvalue weighted by molar-refractivity contribution is 5.91. The number of rotatable bonds is 6. The Morgan fingerprint density at radius 3 is 2.74 bits per heavy atom. The lowest BCUT2D eigenvalue weighted by Crippen LogP contribution is -2.12. The SMILES string of the molecule is COc1cccc(CCC(=O)Nc2ccc(C)c([N+](=O)[O-])c2)c1. The van der Waals surface area contributed by atoms with Gasteiger partial charge in [-0.3, -0.25) is 14.9 Å². The number of methoxy groups -OCH3 is 1. The van der Waals surface area contributed by atoms with Gasteiger partial charge >= 0.3 is 0 Å². The van der Waals surface area contributed by atoms with Crippen LogP contribution < -0.4 is 10.1 Å². The molecule has 23 heavy (non-hydrogen) atoms. The van der Waals surface area contributed by atoms with Crippen LogP contribution >= 0.6 is 0 Å². The number of nitrogens with zero attached hydrogens (tertiary/aromatic N) is 1. The highest BCUT2D eigenvalue weighted by Crippen LogP contribution is 2.22. The molecule has 0 unspecified atom stereocenters. The van der Waals surface area contributed by atoms with Crippen molar-refractivity contribution in [2.75, 3.05) is 12.4 Å². The van der Waals surface area contributed by atoms with Gasteiger partial charge in [0.15, 0.2) is 0 Å². The van der Waals surface area contributed by atoms with Crippen molar-refractivity contribution in [3.8, 4) is 5.75 Å². The van der Waals surface area contributed by atoms with E-state index in [4.69, 9.17) is 4.74 Å². The Bertz CT molecular complexity index is 728. The van der Waals surface area contributed by atoms with Crippen LogP contribution in [0.3, 0.4) is 0 Å². The molecule has 0 fully saturated rings. The second-order valence-electron chi connectivity index (χ2n) is 5.16. The molecule has 0 saturated carbocycles. The van der Waals surface area contributed by atoms with E-state index in [1.807, 2.05) is 24.3 Å². The molecular weight excluding hydrogens is 296 g/mol. The summed E-state index contributed by atoms with van der Waals surface area (Å²) in [6.07, 6.45) is 0.853. The Morgan fingerprint density at radius 1 is 1.26 bits per heavy atom. The first-order valence-electron chi connectivity index (χ1n) is 7.17. The van der Waals surface area contributed by atoms with Crippen molar-refractivity contribution in [1.82, 2.24) is 0 Å². The summed E-state index contributed by atoms with van der Waals surface area (Å²) < 4.78 is 5.14. The Labute approximate surface area is 134 Å². The number of carbonyl (C=O) groups is 1. The first-order chi connectivity index (χ1) is 11.0. The van der Waals surface area contributed by atoms with Crippen LogP contribution in [-0.2, 0) is 11.2 Å². The van der Waals surface area contributed by atoms with E-state index in [9.17, 15) is 14.9 Å². The topological polar surface area (TPSA) is 81.5 Å². The molecule has 6 heteroatoms. The lowest BCUT2D eigenvalue weighted by molar-refractivity contribution is -0.385. The second-order valence-corrected chi connectivity index (χ2v) is 5.16. The van der Waals surface area contributed by atoms with Crippen LogP contribution in [0.1, 0.15) is 17.5 Å². The Morgan fingerprint density at radius 2 is 2.04 bits per heavy atom. The summed E-state index contributed by atoms with van der Waals surface area (Å²) in [5.74, 6) is 0.558. The summed E-state index contributed by atoms with van der Waals surface area (Å²) in [6, 6.07) is 12.2. The van der Waals surface area contributed by atoms with Crippen molar-refractivity contribution < 1.29 is 14.5 Å². The standard InChI is InChI=1S/C17H18N2O4/c1-12-6-8-14(11-16(12)19(21)22)18-17(20)9-7-13-4-3-5-15(10-13)23-2/h3-6,8,10-11H,7,9H2,1-2H3,(H,18,20). The number of benzene rings is 2. The molecule has 1 amide bonds. The summed E-state index contributed by atoms with van der Waals surface area (Å²) in [5, 5.41) is 13.6. The number of nitro benzene ring substituents is 1. The van der Waals surface area contributed by atoms with E-state index < -0.39 is 4.92 Å². The molecule has 120 valence electrons. The molecule has 0 bridgehead atoms. The van der Waals surface area contributed by atoms with Crippen molar-refractivity contribution in [2.45, 2.75) is 19.8 Å². The number of aryl methyl sites for hydroxylation is 2. The molecule has 1 N–H and O–H groups in total. The smallest absolute Gasteiger partial charge is 0.274 e. The van der Waals surface area contributed by atoms with Gasteiger partial charge in [-0.25, -0.2) is 0 Å². The minimum absolute atomic E-state index is 0.00408. The normalized spacial score (nSPS) is 10.2. The number of amides is 1. The van der Waals surface area contributed by atoms with Gasteiger partial charge in [0.25, 0.3) is 5.69 Å². The minimum atomic E-state index is -0.457. The molecule has 0 aliphatic carbocycles. The van der Waals surface area contributed by atoms with Gasteiger partial charge in [0, 0.05) is 23.7 Å². The first-order valence-corrected chi connectivity index (χ1v) is 7.17. The van der Waals surface area contributed by atoms with Gasteiger partial charge in [-0.15, -0.1) is 0 Å². The van der Waals surface area contributed by atoms with Crippen molar-refractivity contribution in [3.05, 3.63) is 63.7 Å². The number of nitrogens with one attached hydrogen (secondary N) is 1. The molecular formula is C17H18N2O4. The molecule has 0 atom stereocenters. The highest BCUT2D eigenvalue weighted by atomic mass is 16.6. The minimum Gasteiger partial charge on any atom is -0.497 e. The fourth-order valence-corrected chi connectivity index (χ4v) is 2.19. The third kappa shape index (κ3) is 4.54. The molecule has 0 radical (unpaired) electrons. The molecule has 0 aliphatic heterocycles. The van der Waals surface area contributed by atoms with Crippen LogP contribution in [0.2, 0.25) is 0 Å². The van der Waals surface area contributed by atoms with E-state index in [0.29, 0.717) is 17.7 Å². The van der Waals surface area contributed by atoms with Crippen LogP contribution in [0.25, 0.3) is 0 Å². The van der Waals surface area contributed by atoms with Gasteiger partial charge in [-0.2, -0.15) is 0 Å². The molecule has 2 aromatic carbocycles.